The molecule has 6 heteroatoms. The molecule has 3 N–H and O–H groups in total. The number of thioether (sulfide) groups is 1. The molecule has 0 saturated carbocycles. The fourth-order valence-corrected chi connectivity index (χ4v) is 2.03. The van der Waals surface area contributed by atoms with E-state index in [1.807, 2.05) is 0 Å². The largest absolute Gasteiger partial charge is 0.465 e. The minimum atomic E-state index is -1.08. The van der Waals surface area contributed by atoms with Crippen LogP contribution in [-0.4, -0.2) is 39.7 Å². The van der Waals surface area contributed by atoms with Gasteiger partial charge in [0, 0.05) is 5.75 Å². The molecule has 5 nitrogen and oxygen atoms in total. The molecule has 1 rings (SSSR count). The van der Waals surface area contributed by atoms with Crippen LogP contribution in [-0.2, 0) is 4.79 Å². The molecule has 0 aromatic heterocycles. The molecule has 1 fully saturated rings. The molecule has 62 valence electrons. The average Bonchev–Trinajstić information content (AvgIpc) is 2.32. The van der Waals surface area contributed by atoms with Crippen molar-refractivity contribution in [2.24, 2.45) is 5.73 Å². The molecule has 0 radical (unpaired) electrons. The van der Waals surface area contributed by atoms with Crippen LogP contribution in [0.3, 0.4) is 0 Å². The molecule has 1 aliphatic rings. The zero-order valence-electron chi connectivity index (χ0n) is 5.69. The molecule has 11 heavy (non-hydrogen) atoms. The van der Waals surface area contributed by atoms with Crippen molar-refractivity contribution in [1.29, 1.82) is 0 Å². The lowest BCUT2D eigenvalue weighted by Crippen LogP contribution is -2.44. The van der Waals surface area contributed by atoms with Gasteiger partial charge in [0.2, 0.25) is 5.91 Å². The summed E-state index contributed by atoms with van der Waals surface area (Å²) in [7, 11) is 0. The van der Waals surface area contributed by atoms with Gasteiger partial charge in [0.25, 0.3) is 0 Å². The minimum absolute atomic E-state index is 0.336. The van der Waals surface area contributed by atoms with E-state index in [1.54, 1.807) is 0 Å². The lowest BCUT2D eigenvalue weighted by atomic mass is 10.3. The zero-order chi connectivity index (χ0) is 8.43. The number of amides is 2. The summed E-state index contributed by atoms with van der Waals surface area (Å²) < 4.78 is 0. The summed E-state index contributed by atoms with van der Waals surface area (Å²) in [4.78, 5) is 22.1. The Morgan fingerprint density at radius 1 is 1.64 bits per heavy atom. The average molecular weight is 176 g/mol. The number of carboxylic acid groups (broad SMARTS) is 1. The quantitative estimate of drug-likeness (QED) is 0.565. The van der Waals surface area contributed by atoms with Gasteiger partial charge in [-0.1, -0.05) is 0 Å². The van der Waals surface area contributed by atoms with Crippen LogP contribution >= 0.6 is 11.8 Å². The molecule has 0 bridgehead atoms. The molecule has 1 aliphatic heterocycles. The summed E-state index contributed by atoms with van der Waals surface area (Å²) in [6.07, 6.45) is -1.08. The maximum atomic E-state index is 10.6. The van der Waals surface area contributed by atoms with Gasteiger partial charge < -0.3 is 10.8 Å². The Balaban J connectivity index is 2.65. The predicted molar refractivity (Wildman–Crippen MR) is 40.2 cm³/mol. The summed E-state index contributed by atoms with van der Waals surface area (Å²) in [5.41, 5.74) is 4.97. The first-order valence-corrected chi connectivity index (χ1v) is 4.15. The lowest BCUT2D eigenvalue weighted by Gasteiger charge is -2.16. The van der Waals surface area contributed by atoms with Gasteiger partial charge in [-0.2, -0.15) is 0 Å². The van der Waals surface area contributed by atoms with Gasteiger partial charge in [0.05, 0.1) is 5.88 Å². The standard InChI is InChI=1S/C5H8N2O3S/c6-4(8)3-1-11-2-7(3)5(9)10/h3H,1-2H2,(H2,6,8)(H,9,10)/t3-/m1/s1. The second kappa shape index (κ2) is 3.00. The van der Waals surface area contributed by atoms with Gasteiger partial charge >= 0.3 is 6.09 Å². The SMILES string of the molecule is NC(=O)[C@H]1CSCN1C(=O)O. The van der Waals surface area contributed by atoms with Crippen LogP contribution in [0, 0.1) is 0 Å². The molecular weight excluding hydrogens is 168 g/mol. The first-order chi connectivity index (χ1) is 5.13. The number of carbonyl (C=O) groups is 2. The first kappa shape index (κ1) is 8.19. The third kappa shape index (κ3) is 1.56. The van der Waals surface area contributed by atoms with Crippen molar-refractivity contribution in [3.63, 3.8) is 0 Å². The van der Waals surface area contributed by atoms with Gasteiger partial charge in [0.15, 0.2) is 0 Å². The number of carbonyl (C=O) groups excluding carboxylic acids is 1. The highest BCUT2D eigenvalue weighted by atomic mass is 32.2. The van der Waals surface area contributed by atoms with E-state index < -0.39 is 18.0 Å². The van der Waals surface area contributed by atoms with Crippen LogP contribution in [0.15, 0.2) is 0 Å². The smallest absolute Gasteiger partial charge is 0.408 e. The van der Waals surface area contributed by atoms with Gasteiger partial charge in [-0.05, 0) is 0 Å². The van der Waals surface area contributed by atoms with E-state index in [9.17, 15) is 9.59 Å². The van der Waals surface area contributed by atoms with Crippen molar-refractivity contribution in [3.8, 4) is 0 Å². The van der Waals surface area contributed by atoms with E-state index in [2.05, 4.69) is 0 Å². The summed E-state index contributed by atoms with van der Waals surface area (Å²) in [6, 6.07) is -0.641. The lowest BCUT2D eigenvalue weighted by molar-refractivity contribution is -0.121. The molecule has 0 aliphatic carbocycles. The highest BCUT2D eigenvalue weighted by molar-refractivity contribution is 7.99. The topological polar surface area (TPSA) is 83.6 Å². The van der Waals surface area contributed by atoms with Crippen LogP contribution < -0.4 is 5.73 Å². The van der Waals surface area contributed by atoms with Crippen molar-refractivity contribution in [3.05, 3.63) is 0 Å². The van der Waals surface area contributed by atoms with Gasteiger partial charge in [-0.15, -0.1) is 11.8 Å². The molecule has 0 spiro atoms. The number of hydrogen-bond donors (Lipinski definition) is 2. The summed E-state index contributed by atoms with van der Waals surface area (Å²) >= 11 is 1.39. The Morgan fingerprint density at radius 2 is 2.27 bits per heavy atom. The highest BCUT2D eigenvalue weighted by Crippen LogP contribution is 2.19. The Morgan fingerprint density at radius 3 is 2.64 bits per heavy atom. The molecule has 2 amide bonds. The second-order valence-electron chi connectivity index (χ2n) is 2.17. The Kier molecular flexibility index (Phi) is 2.23. The molecule has 0 unspecified atom stereocenters. The Hall–Kier alpha value is -0.910. The summed E-state index contributed by atoms with van der Waals surface area (Å²) in [5, 5.41) is 8.54. The minimum Gasteiger partial charge on any atom is -0.465 e. The number of nitrogens with zero attached hydrogens (tertiary/aromatic N) is 1. The maximum absolute atomic E-state index is 10.6. The molecule has 0 aromatic carbocycles. The number of primary amides is 1. The monoisotopic (exact) mass is 176 g/mol. The van der Waals surface area contributed by atoms with E-state index in [4.69, 9.17) is 10.8 Å². The Bertz CT molecular complexity index is 176. The molecule has 1 atom stereocenters. The third-order valence-electron chi connectivity index (χ3n) is 1.46. The predicted octanol–water partition coefficient (Wildman–Crippen LogP) is -0.475. The van der Waals surface area contributed by atoms with Crippen molar-refractivity contribution in [2.45, 2.75) is 6.04 Å². The Labute approximate surface area is 67.5 Å². The second-order valence-corrected chi connectivity index (χ2v) is 3.17. The van der Waals surface area contributed by atoms with Gasteiger partial charge in [-0.3, -0.25) is 9.69 Å². The van der Waals surface area contributed by atoms with Crippen molar-refractivity contribution in [2.75, 3.05) is 11.6 Å². The fourth-order valence-electron chi connectivity index (χ4n) is 0.867. The first-order valence-electron chi connectivity index (χ1n) is 2.99. The number of rotatable bonds is 1. The van der Waals surface area contributed by atoms with E-state index in [0.29, 0.717) is 11.6 Å². The normalized spacial score (nSPS) is 23.6. The van der Waals surface area contributed by atoms with Crippen LogP contribution in [0.4, 0.5) is 4.79 Å². The summed E-state index contributed by atoms with van der Waals surface area (Å²) in [5.74, 6) is 0.238. The van der Waals surface area contributed by atoms with E-state index in [-0.39, 0.29) is 0 Å². The van der Waals surface area contributed by atoms with Crippen LogP contribution in [0.5, 0.6) is 0 Å². The third-order valence-corrected chi connectivity index (χ3v) is 2.47. The maximum Gasteiger partial charge on any atom is 0.408 e. The van der Waals surface area contributed by atoms with Crippen LogP contribution in [0.2, 0.25) is 0 Å². The van der Waals surface area contributed by atoms with Crippen LogP contribution in [0.1, 0.15) is 0 Å². The van der Waals surface area contributed by atoms with Crippen molar-refractivity contribution >= 4 is 23.8 Å². The van der Waals surface area contributed by atoms with Crippen LogP contribution in [0.25, 0.3) is 0 Å². The van der Waals surface area contributed by atoms with Crippen molar-refractivity contribution < 1.29 is 14.7 Å². The molecule has 1 heterocycles. The highest BCUT2D eigenvalue weighted by Gasteiger charge is 2.32. The molecule has 1 saturated heterocycles. The number of nitrogens with two attached hydrogens (primary N) is 1. The fraction of sp³-hybridized carbons (Fsp3) is 0.600. The van der Waals surface area contributed by atoms with E-state index in [1.165, 1.54) is 11.8 Å². The number of hydrogen-bond acceptors (Lipinski definition) is 3. The van der Waals surface area contributed by atoms with E-state index >= 15 is 0 Å². The van der Waals surface area contributed by atoms with Gasteiger partial charge in [-0.25, -0.2) is 4.79 Å². The molecule has 0 aromatic rings. The van der Waals surface area contributed by atoms with Crippen molar-refractivity contribution in [1.82, 2.24) is 4.90 Å². The zero-order valence-corrected chi connectivity index (χ0v) is 6.50. The summed E-state index contributed by atoms with van der Waals surface area (Å²) in [6.45, 7) is 0. The van der Waals surface area contributed by atoms with Gasteiger partial charge in [0.1, 0.15) is 6.04 Å². The van der Waals surface area contributed by atoms with E-state index in [0.717, 1.165) is 4.90 Å². The molecular formula is C5H8N2O3S.